The third-order valence-electron chi connectivity index (χ3n) is 2.43. The van der Waals surface area contributed by atoms with Gasteiger partial charge in [-0.15, -0.1) is 0 Å². The van der Waals surface area contributed by atoms with Gasteiger partial charge in [-0.1, -0.05) is 23.7 Å². The molecule has 0 aromatic heterocycles. The first-order valence-corrected chi connectivity index (χ1v) is 5.42. The van der Waals surface area contributed by atoms with Crippen LogP contribution in [-0.2, 0) is 4.79 Å². The third-order valence-corrected chi connectivity index (χ3v) is 2.76. The quantitative estimate of drug-likeness (QED) is 0.817. The van der Waals surface area contributed by atoms with E-state index in [2.05, 4.69) is 5.32 Å². The number of hydrogen-bond acceptors (Lipinski definition) is 2. The SMILES string of the molecule is O=C1CCCN1C(=O)Nc1ccccc1Cl. The average molecular weight is 239 g/mol. The minimum absolute atomic E-state index is 0.135. The van der Waals surface area contributed by atoms with Gasteiger partial charge >= 0.3 is 6.03 Å². The van der Waals surface area contributed by atoms with Crippen LogP contribution in [0.4, 0.5) is 10.5 Å². The van der Waals surface area contributed by atoms with Crippen LogP contribution in [0.15, 0.2) is 24.3 Å². The highest BCUT2D eigenvalue weighted by molar-refractivity contribution is 6.33. The molecule has 3 amide bonds. The number of benzene rings is 1. The predicted octanol–water partition coefficient (Wildman–Crippen LogP) is 2.49. The van der Waals surface area contributed by atoms with Crippen LogP contribution in [-0.4, -0.2) is 23.4 Å². The maximum atomic E-state index is 11.7. The molecule has 0 radical (unpaired) electrons. The highest BCUT2D eigenvalue weighted by Crippen LogP contribution is 2.21. The zero-order valence-electron chi connectivity index (χ0n) is 8.57. The maximum Gasteiger partial charge on any atom is 0.328 e. The van der Waals surface area contributed by atoms with Gasteiger partial charge in [0.1, 0.15) is 0 Å². The van der Waals surface area contributed by atoms with Crippen molar-refractivity contribution in [1.29, 1.82) is 0 Å². The van der Waals surface area contributed by atoms with Crippen molar-refractivity contribution >= 4 is 29.2 Å². The molecule has 5 heteroatoms. The first-order chi connectivity index (χ1) is 7.68. The van der Waals surface area contributed by atoms with Crippen molar-refractivity contribution in [2.24, 2.45) is 0 Å². The van der Waals surface area contributed by atoms with Crippen molar-refractivity contribution in [2.75, 3.05) is 11.9 Å². The number of urea groups is 1. The lowest BCUT2D eigenvalue weighted by Crippen LogP contribution is -2.35. The largest absolute Gasteiger partial charge is 0.328 e. The molecule has 0 saturated carbocycles. The van der Waals surface area contributed by atoms with Gasteiger partial charge in [-0.3, -0.25) is 9.69 Å². The van der Waals surface area contributed by atoms with Gasteiger partial charge in [0.25, 0.3) is 0 Å². The standard InChI is InChI=1S/C11H11ClN2O2/c12-8-4-1-2-5-9(8)13-11(16)14-7-3-6-10(14)15/h1-2,4-5H,3,6-7H2,(H,13,16). The molecule has 1 heterocycles. The summed E-state index contributed by atoms with van der Waals surface area (Å²) in [5.74, 6) is -0.135. The second-order valence-electron chi connectivity index (χ2n) is 3.56. The monoisotopic (exact) mass is 238 g/mol. The highest BCUT2D eigenvalue weighted by Gasteiger charge is 2.26. The number of nitrogens with one attached hydrogen (secondary N) is 1. The first-order valence-electron chi connectivity index (χ1n) is 5.04. The number of halogens is 1. The van der Waals surface area contributed by atoms with Crippen molar-refractivity contribution in [1.82, 2.24) is 4.90 Å². The molecule has 1 aliphatic rings. The molecule has 0 spiro atoms. The van der Waals surface area contributed by atoms with Crippen LogP contribution in [0, 0.1) is 0 Å². The number of carbonyl (C=O) groups is 2. The molecule has 16 heavy (non-hydrogen) atoms. The van der Waals surface area contributed by atoms with Gasteiger partial charge in [-0.05, 0) is 18.6 Å². The molecule has 4 nitrogen and oxygen atoms in total. The van der Waals surface area contributed by atoms with Gasteiger partial charge in [0.05, 0.1) is 10.7 Å². The summed E-state index contributed by atoms with van der Waals surface area (Å²) in [5.41, 5.74) is 0.522. The minimum atomic E-state index is -0.407. The number of imide groups is 1. The Morgan fingerprint density at radius 3 is 2.75 bits per heavy atom. The number of amides is 3. The number of likely N-dealkylation sites (tertiary alicyclic amines) is 1. The van der Waals surface area contributed by atoms with Crippen molar-refractivity contribution in [2.45, 2.75) is 12.8 Å². The van der Waals surface area contributed by atoms with E-state index in [1.807, 2.05) is 0 Å². The summed E-state index contributed by atoms with van der Waals surface area (Å²) in [6.45, 7) is 0.481. The van der Waals surface area contributed by atoms with Gasteiger partial charge in [-0.2, -0.15) is 0 Å². The van der Waals surface area contributed by atoms with Crippen LogP contribution in [0.5, 0.6) is 0 Å². The molecule has 1 aromatic carbocycles. The number of carbonyl (C=O) groups excluding carboxylic acids is 2. The molecule has 1 aliphatic heterocycles. The molecule has 0 unspecified atom stereocenters. The van der Waals surface area contributed by atoms with Crippen LogP contribution >= 0.6 is 11.6 Å². The number of rotatable bonds is 1. The van der Waals surface area contributed by atoms with E-state index >= 15 is 0 Å². The second-order valence-corrected chi connectivity index (χ2v) is 3.97. The van der Waals surface area contributed by atoms with Crippen molar-refractivity contribution in [3.63, 3.8) is 0 Å². The summed E-state index contributed by atoms with van der Waals surface area (Å²) in [5, 5.41) is 3.08. The summed E-state index contributed by atoms with van der Waals surface area (Å²) in [6, 6.07) is 6.52. The minimum Gasteiger partial charge on any atom is -0.306 e. The highest BCUT2D eigenvalue weighted by atomic mass is 35.5. The fraction of sp³-hybridized carbons (Fsp3) is 0.273. The zero-order chi connectivity index (χ0) is 11.5. The number of nitrogens with zero attached hydrogens (tertiary/aromatic N) is 1. The number of hydrogen-bond donors (Lipinski definition) is 1. The van der Waals surface area contributed by atoms with Crippen molar-refractivity contribution in [3.05, 3.63) is 29.3 Å². The third kappa shape index (κ3) is 2.17. The van der Waals surface area contributed by atoms with Crippen molar-refractivity contribution < 1.29 is 9.59 Å². The van der Waals surface area contributed by atoms with Crippen LogP contribution in [0.2, 0.25) is 5.02 Å². The lowest BCUT2D eigenvalue weighted by Gasteiger charge is -2.15. The average Bonchev–Trinajstić information content (AvgIpc) is 2.68. The summed E-state index contributed by atoms with van der Waals surface area (Å²) >= 11 is 5.89. The van der Waals surface area contributed by atoms with Crippen LogP contribution in [0.25, 0.3) is 0 Å². The van der Waals surface area contributed by atoms with Gasteiger partial charge in [-0.25, -0.2) is 4.79 Å². The Morgan fingerprint density at radius 2 is 2.12 bits per heavy atom. The molecule has 0 aliphatic carbocycles. The molecule has 2 rings (SSSR count). The van der Waals surface area contributed by atoms with Crippen LogP contribution < -0.4 is 5.32 Å². The Balaban J connectivity index is 2.08. The van der Waals surface area contributed by atoms with E-state index in [1.165, 1.54) is 4.90 Å². The van der Waals surface area contributed by atoms with E-state index in [0.29, 0.717) is 23.7 Å². The summed E-state index contributed by atoms with van der Waals surface area (Å²) in [7, 11) is 0. The van der Waals surface area contributed by atoms with Gasteiger partial charge < -0.3 is 5.32 Å². The van der Waals surface area contributed by atoms with Crippen LogP contribution in [0.1, 0.15) is 12.8 Å². The topological polar surface area (TPSA) is 49.4 Å². The Labute approximate surface area is 98.2 Å². The fourth-order valence-electron chi connectivity index (χ4n) is 1.61. The molecular formula is C11H11ClN2O2. The summed E-state index contributed by atoms with van der Waals surface area (Å²) in [4.78, 5) is 24.2. The molecule has 1 fully saturated rings. The van der Waals surface area contributed by atoms with Crippen molar-refractivity contribution in [3.8, 4) is 0 Å². The zero-order valence-corrected chi connectivity index (χ0v) is 9.33. The van der Waals surface area contributed by atoms with Gasteiger partial charge in [0.15, 0.2) is 0 Å². The first kappa shape index (κ1) is 11.0. The molecule has 1 N–H and O–H groups in total. The Kier molecular flexibility index (Phi) is 3.10. The Hall–Kier alpha value is -1.55. The summed E-state index contributed by atoms with van der Waals surface area (Å²) < 4.78 is 0. The number of anilines is 1. The smallest absolute Gasteiger partial charge is 0.306 e. The molecule has 1 saturated heterocycles. The predicted molar refractivity (Wildman–Crippen MR) is 61.4 cm³/mol. The molecule has 1 aromatic rings. The van der Waals surface area contributed by atoms with E-state index in [-0.39, 0.29) is 5.91 Å². The van der Waals surface area contributed by atoms with Crippen LogP contribution in [0.3, 0.4) is 0 Å². The Morgan fingerprint density at radius 1 is 1.38 bits per heavy atom. The van der Waals surface area contributed by atoms with Gasteiger partial charge in [0.2, 0.25) is 5.91 Å². The molecule has 0 bridgehead atoms. The maximum absolute atomic E-state index is 11.7. The summed E-state index contributed by atoms with van der Waals surface area (Å²) in [6.07, 6.45) is 1.17. The van der Waals surface area contributed by atoms with E-state index in [4.69, 9.17) is 11.6 Å². The fourth-order valence-corrected chi connectivity index (χ4v) is 1.79. The van der Waals surface area contributed by atoms with Gasteiger partial charge in [0, 0.05) is 13.0 Å². The number of para-hydroxylation sites is 1. The van der Waals surface area contributed by atoms with E-state index in [1.54, 1.807) is 24.3 Å². The lowest BCUT2D eigenvalue weighted by molar-refractivity contribution is -0.125. The van der Waals surface area contributed by atoms with E-state index in [9.17, 15) is 9.59 Å². The molecule has 84 valence electrons. The normalized spacial score (nSPS) is 15.3. The Bertz CT molecular complexity index is 434. The van der Waals surface area contributed by atoms with E-state index < -0.39 is 6.03 Å². The second kappa shape index (κ2) is 4.53. The lowest BCUT2D eigenvalue weighted by atomic mass is 10.3. The molecular weight excluding hydrogens is 228 g/mol. The molecule has 0 atom stereocenters. The van der Waals surface area contributed by atoms with E-state index in [0.717, 1.165) is 6.42 Å².